The normalized spacial score (nSPS) is 16.4. The van der Waals surface area contributed by atoms with Crippen LogP contribution in [0.2, 0.25) is 0 Å². The van der Waals surface area contributed by atoms with E-state index in [0.29, 0.717) is 0 Å². The van der Waals surface area contributed by atoms with Crippen molar-refractivity contribution >= 4 is 21.7 Å². The van der Waals surface area contributed by atoms with Gasteiger partial charge in [0.05, 0.1) is 11.1 Å². The second-order valence-electron chi connectivity index (χ2n) is 8.70. The molecule has 2 aromatic heterocycles. The summed E-state index contributed by atoms with van der Waals surface area (Å²) in [4.78, 5) is 4.61. The quantitative estimate of drug-likeness (QED) is 0.298. The molecule has 0 amide bonds. The first-order chi connectivity index (χ1) is 14.9. The van der Waals surface area contributed by atoms with E-state index in [2.05, 4.69) is 65.6 Å². The Labute approximate surface area is 175 Å². The summed E-state index contributed by atoms with van der Waals surface area (Å²) in [5.74, 6) is 1.17. The van der Waals surface area contributed by atoms with Crippen LogP contribution in [0.3, 0.4) is 0 Å². The molecule has 0 atom stereocenters. The highest BCUT2D eigenvalue weighted by atomic mass is 16.3. The molecular formula is C28H21NO. The van der Waals surface area contributed by atoms with Gasteiger partial charge in [-0.2, -0.15) is 0 Å². The minimum absolute atomic E-state index is 0.0103. The van der Waals surface area contributed by atoms with Crippen LogP contribution >= 0.6 is 0 Å². The van der Waals surface area contributed by atoms with Crippen molar-refractivity contribution < 1.29 is 4.42 Å². The highest BCUT2D eigenvalue weighted by Crippen LogP contribution is 2.58. The standard InChI is InChI=1S/C28H21NO/c1-4-17-29-23(14-1)19-10-7-12-21-25-20-11-5-8-18-9-6-13-22(24(18)20)28(15-2-3-16-28)27(25)30-26(19)21/h1,4-14,17H,2-3,15-16H2. The molecule has 2 heteroatoms. The third-order valence-electron chi connectivity index (χ3n) is 7.24. The lowest BCUT2D eigenvalue weighted by molar-refractivity contribution is 0.410. The molecule has 0 aliphatic heterocycles. The van der Waals surface area contributed by atoms with Gasteiger partial charge in [0.1, 0.15) is 11.3 Å². The van der Waals surface area contributed by atoms with Crippen molar-refractivity contribution in [1.29, 1.82) is 0 Å². The average molecular weight is 387 g/mol. The number of pyridine rings is 1. The molecule has 2 heterocycles. The molecule has 0 unspecified atom stereocenters. The SMILES string of the molecule is c1ccc(-c2cccc3c4c(oc23)C2(CCCC2)c2cccc3cccc-4c23)nc1. The molecule has 1 spiro atoms. The van der Waals surface area contributed by atoms with Gasteiger partial charge in [-0.15, -0.1) is 0 Å². The monoisotopic (exact) mass is 387 g/mol. The molecular weight excluding hydrogens is 366 g/mol. The van der Waals surface area contributed by atoms with Crippen LogP contribution in [0.1, 0.15) is 37.0 Å². The summed E-state index contributed by atoms with van der Waals surface area (Å²) >= 11 is 0. The fourth-order valence-electron chi connectivity index (χ4n) is 5.99. The fourth-order valence-corrected chi connectivity index (χ4v) is 5.99. The molecule has 1 fully saturated rings. The molecule has 3 aromatic carbocycles. The third kappa shape index (κ3) is 1.96. The Morgan fingerprint density at radius 1 is 0.767 bits per heavy atom. The maximum Gasteiger partial charge on any atom is 0.144 e. The van der Waals surface area contributed by atoms with E-state index in [0.717, 1.165) is 29.7 Å². The third-order valence-corrected chi connectivity index (χ3v) is 7.24. The van der Waals surface area contributed by atoms with Crippen molar-refractivity contribution in [3.63, 3.8) is 0 Å². The van der Waals surface area contributed by atoms with E-state index in [-0.39, 0.29) is 5.41 Å². The van der Waals surface area contributed by atoms with Crippen LogP contribution in [0.25, 0.3) is 44.1 Å². The number of nitrogens with zero attached hydrogens (tertiary/aromatic N) is 1. The number of fused-ring (bicyclic) bond motifs is 6. The van der Waals surface area contributed by atoms with E-state index in [1.165, 1.54) is 51.5 Å². The lowest BCUT2D eigenvalue weighted by Crippen LogP contribution is -2.26. The first-order valence-corrected chi connectivity index (χ1v) is 10.9. The van der Waals surface area contributed by atoms with Crippen LogP contribution < -0.4 is 0 Å². The summed E-state index contributed by atoms with van der Waals surface area (Å²) in [7, 11) is 0. The number of hydrogen-bond donors (Lipinski definition) is 0. The maximum absolute atomic E-state index is 6.86. The second kappa shape index (κ2) is 5.82. The van der Waals surface area contributed by atoms with Crippen LogP contribution in [0.15, 0.2) is 83.4 Å². The van der Waals surface area contributed by atoms with E-state index < -0.39 is 0 Å². The van der Waals surface area contributed by atoms with Crippen molar-refractivity contribution in [2.75, 3.05) is 0 Å². The van der Waals surface area contributed by atoms with E-state index >= 15 is 0 Å². The topological polar surface area (TPSA) is 26.0 Å². The molecule has 0 radical (unpaired) electrons. The highest BCUT2D eigenvalue weighted by molar-refractivity contribution is 6.11. The van der Waals surface area contributed by atoms with Crippen molar-refractivity contribution in [3.8, 4) is 22.4 Å². The van der Waals surface area contributed by atoms with Gasteiger partial charge in [-0.25, -0.2) is 0 Å². The van der Waals surface area contributed by atoms with Crippen LogP contribution in [-0.2, 0) is 5.41 Å². The van der Waals surface area contributed by atoms with Crippen LogP contribution in [0.4, 0.5) is 0 Å². The Hall–Kier alpha value is -3.39. The van der Waals surface area contributed by atoms with Gasteiger partial charge in [0.15, 0.2) is 0 Å². The Morgan fingerprint density at radius 3 is 2.40 bits per heavy atom. The summed E-state index contributed by atoms with van der Waals surface area (Å²) in [6.45, 7) is 0. The molecule has 0 N–H and O–H groups in total. The Balaban J connectivity index is 1.66. The number of para-hydroxylation sites is 1. The molecule has 0 bridgehead atoms. The second-order valence-corrected chi connectivity index (χ2v) is 8.70. The van der Waals surface area contributed by atoms with Crippen molar-refractivity contribution in [3.05, 3.63) is 90.3 Å². The molecule has 144 valence electrons. The smallest absolute Gasteiger partial charge is 0.144 e. The average Bonchev–Trinajstić information content (AvgIpc) is 3.44. The number of rotatable bonds is 1. The van der Waals surface area contributed by atoms with E-state index in [1.807, 2.05) is 18.3 Å². The minimum Gasteiger partial charge on any atom is -0.459 e. The zero-order chi connectivity index (χ0) is 19.7. The molecule has 0 saturated heterocycles. The first-order valence-electron chi connectivity index (χ1n) is 10.9. The molecule has 2 nitrogen and oxygen atoms in total. The van der Waals surface area contributed by atoms with E-state index in [4.69, 9.17) is 4.42 Å². The number of hydrogen-bond acceptors (Lipinski definition) is 2. The Bertz CT molecular complexity index is 1430. The van der Waals surface area contributed by atoms with Gasteiger partial charge in [-0.3, -0.25) is 4.98 Å². The lowest BCUT2D eigenvalue weighted by Gasteiger charge is -2.34. The lowest BCUT2D eigenvalue weighted by atomic mass is 9.68. The number of aromatic nitrogens is 1. The van der Waals surface area contributed by atoms with Gasteiger partial charge < -0.3 is 4.42 Å². The van der Waals surface area contributed by atoms with Crippen molar-refractivity contribution in [1.82, 2.24) is 4.98 Å². The van der Waals surface area contributed by atoms with E-state index in [1.54, 1.807) is 0 Å². The van der Waals surface area contributed by atoms with Crippen molar-refractivity contribution in [2.24, 2.45) is 0 Å². The van der Waals surface area contributed by atoms with Crippen LogP contribution in [-0.4, -0.2) is 4.98 Å². The predicted molar refractivity (Wildman–Crippen MR) is 122 cm³/mol. The summed E-state index contributed by atoms with van der Waals surface area (Å²) in [6.07, 6.45) is 6.68. The van der Waals surface area contributed by atoms with Crippen LogP contribution in [0.5, 0.6) is 0 Å². The fraction of sp³-hybridized carbons (Fsp3) is 0.179. The summed E-state index contributed by atoms with van der Waals surface area (Å²) < 4.78 is 6.86. The molecule has 2 aliphatic rings. The van der Waals surface area contributed by atoms with Gasteiger partial charge in [0.2, 0.25) is 0 Å². The summed E-state index contributed by atoms with van der Waals surface area (Å²) in [6, 6.07) is 26.1. The minimum atomic E-state index is -0.0103. The summed E-state index contributed by atoms with van der Waals surface area (Å²) in [5.41, 5.74) is 7.07. The Kier molecular flexibility index (Phi) is 3.19. The highest BCUT2D eigenvalue weighted by Gasteiger charge is 2.46. The largest absolute Gasteiger partial charge is 0.459 e. The van der Waals surface area contributed by atoms with Crippen LogP contribution in [0, 0.1) is 0 Å². The molecule has 1 saturated carbocycles. The van der Waals surface area contributed by atoms with Crippen molar-refractivity contribution in [2.45, 2.75) is 31.1 Å². The van der Waals surface area contributed by atoms with Gasteiger partial charge >= 0.3 is 0 Å². The molecule has 7 rings (SSSR count). The van der Waals surface area contributed by atoms with E-state index in [9.17, 15) is 0 Å². The van der Waals surface area contributed by atoms with Gasteiger partial charge in [-0.05, 0) is 52.9 Å². The zero-order valence-corrected chi connectivity index (χ0v) is 16.7. The number of furan rings is 1. The maximum atomic E-state index is 6.86. The zero-order valence-electron chi connectivity index (χ0n) is 16.7. The van der Waals surface area contributed by atoms with Gasteiger partial charge in [-0.1, -0.05) is 67.4 Å². The van der Waals surface area contributed by atoms with Gasteiger partial charge in [0, 0.05) is 22.7 Å². The Morgan fingerprint density at radius 2 is 1.57 bits per heavy atom. The number of benzene rings is 3. The molecule has 2 aliphatic carbocycles. The van der Waals surface area contributed by atoms with Gasteiger partial charge in [0.25, 0.3) is 0 Å². The predicted octanol–water partition coefficient (Wildman–Crippen LogP) is 7.49. The molecule has 30 heavy (non-hydrogen) atoms. The first kappa shape index (κ1) is 16.4. The summed E-state index contributed by atoms with van der Waals surface area (Å²) in [5, 5.41) is 3.96. The molecule has 5 aromatic rings.